The number of aromatic carboxylic acids is 2. The highest BCUT2D eigenvalue weighted by molar-refractivity contribution is 7.94. The summed E-state index contributed by atoms with van der Waals surface area (Å²) in [5.41, 5.74) is 1.54. The Morgan fingerprint density at radius 2 is 1.85 bits per heavy atom. The van der Waals surface area contributed by atoms with Crippen molar-refractivity contribution < 1.29 is 28.2 Å². The van der Waals surface area contributed by atoms with Gasteiger partial charge in [0, 0.05) is 23.0 Å². The van der Waals surface area contributed by atoms with Crippen LogP contribution in [0.15, 0.2) is 52.2 Å². The summed E-state index contributed by atoms with van der Waals surface area (Å²) in [6, 6.07) is 8.86. The number of rotatable bonds is 6. The molecule has 0 unspecified atom stereocenters. The number of sulfonamides is 1. The second-order valence-corrected chi connectivity index (χ2v) is 8.46. The number of aryl methyl sites for hydroxylation is 1. The van der Waals surface area contributed by atoms with Crippen LogP contribution in [-0.4, -0.2) is 35.1 Å². The summed E-state index contributed by atoms with van der Waals surface area (Å²) < 4.78 is 28.6. The molecule has 2 aromatic heterocycles. The van der Waals surface area contributed by atoms with Crippen molar-refractivity contribution in [2.24, 2.45) is 0 Å². The SMILES string of the molecule is Cc1cc(NS(=O)(=O)c2cc(C(=O)O)cs2)ccc1-n1cccc1C(=O)O. The molecule has 0 radical (unpaired) electrons. The van der Waals surface area contributed by atoms with Crippen molar-refractivity contribution in [1.29, 1.82) is 0 Å². The quantitative estimate of drug-likeness (QED) is 0.578. The van der Waals surface area contributed by atoms with Gasteiger partial charge in [-0.05, 0) is 48.9 Å². The lowest BCUT2D eigenvalue weighted by atomic mass is 10.1. The second kappa shape index (κ2) is 6.89. The normalized spacial score (nSPS) is 11.3. The van der Waals surface area contributed by atoms with Gasteiger partial charge in [0.15, 0.2) is 0 Å². The average molecular weight is 406 g/mol. The topological polar surface area (TPSA) is 126 Å². The Hall–Kier alpha value is -3.11. The lowest BCUT2D eigenvalue weighted by Crippen LogP contribution is -2.12. The molecule has 0 aliphatic rings. The van der Waals surface area contributed by atoms with E-state index in [4.69, 9.17) is 5.11 Å². The standard InChI is InChI=1S/C17H14N2O6S2/c1-10-7-12(4-5-13(10)19-6-2-3-14(19)17(22)23)18-27(24,25)15-8-11(9-26-15)16(20)21/h2-9,18H,1H3,(H,20,21)(H,22,23). The third-order valence-electron chi connectivity index (χ3n) is 3.76. The summed E-state index contributed by atoms with van der Waals surface area (Å²) in [6.07, 6.45) is 1.61. The van der Waals surface area contributed by atoms with Crippen LogP contribution >= 0.6 is 11.3 Å². The van der Waals surface area contributed by atoms with Gasteiger partial charge in [0.1, 0.15) is 9.90 Å². The first kappa shape index (κ1) is 18.7. The molecule has 0 spiro atoms. The van der Waals surface area contributed by atoms with Gasteiger partial charge in [-0.25, -0.2) is 18.0 Å². The molecule has 0 aliphatic heterocycles. The average Bonchev–Trinajstić information content (AvgIpc) is 3.24. The molecule has 27 heavy (non-hydrogen) atoms. The molecule has 140 valence electrons. The van der Waals surface area contributed by atoms with E-state index >= 15 is 0 Å². The first-order valence-electron chi connectivity index (χ1n) is 7.55. The number of carbonyl (C=O) groups is 2. The van der Waals surface area contributed by atoms with Crippen molar-refractivity contribution >= 4 is 39.0 Å². The number of thiophene rings is 1. The number of benzene rings is 1. The number of nitrogens with one attached hydrogen (secondary N) is 1. The zero-order valence-electron chi connectivity index (χ0n) is 13.9. The molecular weight excluding hydrogens is 392 g/mol. The van der Waals surface area contributed by atoms with Crippen molar-refractivity contribution in [3.63, 3.8) is 0 Å². The van der Waals surface area contributed by atoms with E-state index in [0.29, 0.717) is 11.3 Å². The summed E-state index contributed by atoms with van der Waals surface area (Å²) in [6.45, 7) is 1.73. The predicted octanol–water partition coefficient (Wildman–Crippen LogP) is 3.04. The number of hydrogen-bond acceptors (Lipinski definition) is 5. The van der Waals surface area contributed by atoms with Crippen LogP contribution in [0.25, 0.3) is 5.69 Å². The van der Waals surface area contributed by atoms with Gasteiger partial charge in [-0.1, -0.05) is 0 Å². The molecule has 3 N–H and O–H groups in total. The Morgan fingerprint density at radius 1 is 1.11 bits per heavy atom. The van der Waals surface area contributed by atoms with Crippen LogP contribution in [-0.2, 0) is 10.0 Å². The largest absolute Gasteiger partial charge is 0.478 e. The first-order valence-corrected chi connectivity index (χ1v) is 9.91. The van der Waals surface area contributed by atoms with Crippen LogP contribution in [0.1, 0.15) is 26.4 Å². The summed E-state index contributed by atoms with van der Waals surface area (Å²) in [5.74, 6) is -2.27. The minimum Gasteiger partial charge on any atom is -0.478 e. The molecule has 10 heteroatoms. The molecule has 1 aromatic carbocycles. The lowest BCUT2D eigenvalue weighted by molar-refractivity contribution is 0.0681. The zero-order chi connectivity index (χ0) is 19.8. The third-order valence-corrected chi connectivity index (χ3v) is 6.58. The van der Waals surface area contributed by atoms with E-state index in [9.17, 15) is 23.1 Å². The third kappa shape index (κ3) is 3.71. The van der Waals surface area contributed by atoms with E-state index in [1.165, 1.54) is 22.1 Å². The Balaban J connectivity index is 1.90. The number of carboxylic acids is 2. The molecule has 0 amide bonds. The van der Waals surface area contributed by atoms with Crippen molar-refractivity contribution in [2.75, 3.05) is 4.72 Å². The summed E-state index contributed by atoms with van der Waals surface area (Å²) in [7, 11) is -3.93. The summed E-state index contributed by atoms with van der Waals surface area (Å²) in [5, 5.41) is 19.4. The van der Waals surface area contributed by atoms with Crippen LogP contribution in [0.5, 0.6) is 0 Å². The number of aromatic nitrogens is 1. The molecule has 0 fully saturated rings. The number of nitrogens with zero attached hydrogens (tertiary/aromatic N) is 1. The fourth-order valence-corrected chi connectivity index (χ4v) is 4.73. The summed E-state index contributed by atoms with van der Waals surface area (Å²) >= 11 is 0.814. The minimum atomic E-state index is -3.93. The molecule has 0 atom stereocenters. The summed E-state index contributed by atoms with van der Waals surface area (Å²) in [4.78, 5) is 22.2. The van der Waals surface area contributed by atoms with Crippen LogP contribution < -0.4 is 4.72 Å². The number of hydrogen-bond donors (Lipinski definition) is 3. The Morgan fingerprint density at radius 3 is 2.44 bits per heavy atom. The van der Waals surface area contributed by atoms with Gasteiger partial charge in [-0.15, -0.1) is 11.3 Å². The van der Waals surface area contributed by atoms with E-state index < -0.39 is 22.0 Å². The van der Waals surface area contributed by atoms with Crippen LogP contribution in [0.3, 0.4) is 0 Å². The van der Waals surface area contributed by atoms with Crippen LogP contribution in [0.2, 0.25) is 0 Å². The molecular formula is C17H14N2O6S2. The van der Waals surface area contributed by atoms with Gasteiger partial charge < -0.3 is 14.8 Å². The highest BCUT2D eigenvalue weighted by atomic mass is 32.2. The maximum absolute atomic E-state index is 12.4. The fourth-order valence-electron chi connectivity index (χ4n) is 2.53. The Bertz CT molecular complexity index is 1140. The predicted molar refractivity (Wildman–Crippen MR) is 99.6 cm³/mol. The molecule has 0 saturated carbocycles. The van der Waals surface area contributed by atoms with E-state index in [1.807, 2.05) is 0 Å². The maximum atomic E-state index is 12.4. The Kier molecular flexibility index (Phi) is 4.77. The smallest absolute Gasteiger partial charge is 0.352 e. The van der Waals surface area contributed by atoms with Crippen molar-refractivity contribution in [1.82, 2.24) is 4.57 Å². The van der Waals surface area contributed by atoms with Crippen molar-refractivity contribution in [3.8, 4) is 5.69 Å². The minimum absolute atomic E-state index is 0.0891. The lowest BCUT2D eigenvalue weighted by Gasteiger charge is -2.13. The fraction of sp³-hybridized carbons (Fsp3) is 0.0588. The maximum Gasteiger partial charge on any atom is 0.352 e. The van der Waals surface area contributed by atoms with Gasteiger partial charge in [0.05, 0.1) is 5.56 Å². The Labute approximate surface area is 158 Å². The van der Waals surface area contributed by atoms with Gasteiger partial charge in [0.25, 0.3) is 10.0 Å². The molecule has 0 saturated heterocycles. The van der Waals surface area contributed by atoms with E-state index in [0.717, 1.165) is 17.4 Å². The van der Waals surface area contributed by atoms with E-state index in [1.54, 1.807) is 31.3 Å². The number of carboxylic acid groups (broad SMARTS) is 2. The molecule has 3 aromatic rings. The zero-order valence-corrected chi connectivity index (χ0v) is 15.5. The van der Waals surface area contributed by atoms with Gasteiger partial charge in [-0.2, -0.15) is 0 Å². The van der Waals surface area contributed by atoms with E-state index in [2.05, 4.69) is 4.72 Å². The molecule has 0 bridgehead atoms. The first-order chi connectivity index (χ1) is 12.7. The molecule has 8 nitrogen and oxygen atoms in total. The number of anilines is 1. The van der Waals surface area contributed by atoms with Gasteiger partial charge >= 0.3 is 11.9 Å². The van der Waals surface area contributed by atoms with E-state index in [-0.39, 0.29) is 21.2 Å². The highest BCUT2D eigenvalue weighted by Gasteiger charge is 2.20. The van der Waals surface area contributed by atoms with Gasteiger partial charge in [0.2, 0.25) is 0 Å². The van der Waals surface area contributed by atoms with Crippen molar-refractivity contribution in [2.45, 2.75) is 11.1 Å². The monoisotopic (exact) mass is 406 g/mol. The molecule has 3 rings (SSSR count). The highest BCUT2D eigenvalue weighted by Crippen LogP contribution is 2.26. The second-order valence-electron chi connectivity index (χ2n) is 5.63. The molecule has 0 aliphatic carbocycles. The molecule has 2 heterocycles. The van der Waals surface area contributed by atoms with Crippen molar-refractivity contribution in [3.05, 3.63) is 64.8 Å². The van der Waals surface area contributed by atoms with Crippen LogP contribution in [0.4, 0.5) is 5.69 Å². The van der Waals surface area contributed by atoms with Crippen LogP contribution in [0, 0.1) is 6.92 Å². The van der Waals surface area contributed by atoms with Gasteiger partial charge in [-0.3, -0.25) is 4.72 Å².